The van der Waals surface area contributed by atoms with E-state index in [1.807, 2.05) is 13.0 Å². The van der Waals surface area contributed by atoms with E-state index in [1.54, 1.807) is 18.2 Å². The number of thiazole rings is 1. The van der Waals surface area contributed by atoms with Gasteiger partial charge in [0.1, 0.15) is 5.75 Å². The standard InChI is InChI=1S/C16H13BrCl2N4O2S/c1-7-2-8(18)3-11(19)15(7)25-6-13(24)21-9-4-10(17)14-12(5-9)26-16(22-14)23-20/h2-5H,6,20H2,1H3,(H,21,24)(H,22,23). The number of nitrogens with two attached hydrogens (primary N) is 1. The molecule has 0 aliphatic heterocycles. The van der Waals surface area contributed by atoms with Crippen molar-refractivity contribution in [1.82, 2.24) is 4.98 Å². The number of hydrogen-bond acceptors (Lipinski definition) is 6. The van der Waals surface area contributed by atoms with Crippen molar-refractivity contribution >= 4 is 77.4 Å². The Balaban J connectivity index is 1.71. The largest absolute Gasteiger partial charge is 0.482 e. The molecular formula is C16H13BrCl2N4O2S. The Morgan fingerprint density at radius 2 is 2.12 bits per heavy atom. The van der Waals surface area contributed by atoms with E-state index in [0.717, 1.165) is 20.3 Å². The van der Waals surface area contributed by atoms with Crippen LogP contribution >= 0.6 is 50.5 Å². The summed E-state index contributed by atoms with van der Waals surface area (Å²) in [6.07, 6.45) is 0. The van der Waals surface area contributed by atoms with Gasteiger partial charge in [-0.2, -0.15) is 0 Å². The van der Waals surface area contributed by atoms with Gasteiger partial charge >= 0.3 is 0 Å². The molecule has 3 rings (SSSR count). The number of halogens is 3. The van der Waals surface area contributed by atoms with Crippen LogP contribution in [0.15, 0.2) is 28.7 Å². The van der Waals surface area contributed by atoms with Crippen LogP contribution in [0, 0.1) is 6.92 Å². The van der Waals surface area contributed by atoms with Gasteiger partial charge in [0, 0.05) is 15.2 Å². The Kier molecular flexibility index (Phi) is 5.89. The third kappa shape index (κ3) is 4.21. The lowest BCUT2D eigenvalue weighted by molar-refractivity contribution is -0.118. The first-order valence-electron chi connectivity index (χ1n) is 7.32. The van der Waals surface area contributed by atoms with Crippen LogP contribution in [0.2, 0.25) is 10.0 Å². The highest BCUT2D eigenvalue weighted by Gasteiger charge is 2.13. The molecule has 4 N–H and O–H groups in total. The minimum absolute atomic E-state index is 0.184. The summed E-state index contributed by atoms with van der Waals surface area (Å²) in [5, 5.41) is 4.24. The average molecular weight is 476 g/mol. The number of hydrogen-bond donors (Lipinski definition) is 3. The Labute approximate surface area is 171 Å². The summed E-state index contributed by atoms with van der Waals surface area (Å²) >= 11 is 16.9. The summed E-state index contributed by atoms with van der Waals surface area (Å²) in [5.74, 6) is 5.51. The molecule has 1 aromatic heterocycles. The second-order valence-electron chi connectivity index (χ2n) is 5.34. The number of aromatic nitrogens is 1. The summed E-state index contributed by atoms with van der Waals surface area (Å²) in [7, 11) is 0. The molecule has 0 aliphatic rings. The predicted molar refractivity (Wildman–Crippen MR) is 110 cm³/mol. The van der Waals surface area contributed by atoms with Crippen LogP contribution in [0.25, 0.3) is 10.2 Å². The van der Waals surface area contributed by atoms with Crippen LogP contribution in [0.5, 0.6) is 5.75 Å². The van der Waals surface area contributed by atoms with E-state index in [9.17, 15) is 4.79 Å². The molecule has 0 unspecified atom stereocenters. The van der Waals surface area contributed by atoms with Gasteiger partial charge in [0.15, 0.2) is 11.7 Å². The van der Waals surface area contributed by atoms with Crippen LogP contribution in [0.3, 0.4) is 0 Å². The van der Waals surface area contributed by atoms with Gasteiger partial charge in [-0.25, -0.2) is 10.8 Å². The van der Waals surface area contributed by atoms with Crippen molar-refractivity contribution in [2.24, 2.45) is 5.84 Å². The van der Waals surface area contributed by atoms with Gasteiger partial charge in [0.25, 0.3) is 5.91 Å². The maximum Gasteiger partial charge on any atom is 0.262 e. The smallest absolute Gasteiger partial charge is 0.262 e. The number of ether oxygens (including phenoxy) is 1. The second kappa shape index (κ2) is 7.98. The average Bonchev–Trinajstić information content (AvgIpc) is 2.97. The molecule has 10 heteroatoms. The number of anilines is 2. The molecule has 136 valence electrons. The normalized spacial score (nSPS) is 10.8. The number of amides is 1. The van der Waals surface area contributed by atoms with Gasteiger partial charge in [-0.3, -0.25) is 10.2 Å². The highest BCUT2D eigenvalue weighted by molar-refractivity contribution is 9.10. The SMILES string of the molecule is Cc1cc(Cl)cc(Cl)c1OCC(=O)Nc1cc(Br)c2nc(NN)sc2c1. The third-order valence-corrected chi connectivity index (χ3v) is 5.43. The first-order chi connectivity index (χ1) is 12.4. The molecule has 3 aromatic rings. The molecule has 2 aromatic carbocycles. The van der Waals surface area contributed by atoms with E-state index in [2.05, 4.69) is 31.7 Å². The fourth-order valence-corrected chi connectivity index (χ4v) is 4.50. The molecule has 0 spiro atoms. The summed E-state index contributed by atoms with van der Waals surface area (Å²) in [6, 6.07) is 6.87. The van der Waals surface area contributed by atoms with Crippen molar-refractivity contribution in [3.8, 4) is 5.75 Å². The first-order valence-corrected chi connectivity index (χ1v) is 9.69. The zero-order chi connectivity index (χ0) is 18.8. The molecule has 1 amide bonds. The number of nitrogen functional groups attached to an aromatic ring is 1. The number of fused-ring (bicyclic) bond motifs is 1. The summed E-state index contributed by atoms with van der Waals surface area (Å²) in [4.78, 5) is 16.5. The molecule has 0 aliphatic carbocycles. The van der Waals surface area contributed by atoms with Gasteiger partial charge in [-0.15, -0.1) is 0 Å². The quantitative estimate of drug-likeness (QED) is 0.357. The Morgan fingerprint density at radius 3 is 2.81 bits per heavy atom. The number of aryl methyl sites for hydroxylation is 1. The van der Waals surface area contributed by atoms with Crippen LogP contribution in [-0.2, 0) is 4.79 Å². The monoisotopic (exact) mass is 474 g/mol. The Morgan fingerprint density at radius 1 is 1.35 bits per heavy atom. The summed E-state index contributed by atoms with van der Waals surface area (Å²) in [5.41, 5.74) is 4.65. The van der Waals surface area contributed by atoms with Gasteiger partial charge in [0.2, 0.25) is 0 Å². The predicted octanol–water partition coefficient (Wildman–Crippen LogP) is 4.98. The molecule has 26 heavy (non-hydrogen) atoms. The highest BCUT2D eigenvalue weighted by atomic mass is 79.9. The minimum atomic E-state index is -0.316. The maximum absolute atomic E-state index is 12.2. The van der Waals surface area contributed by atoms with Crippen molar-refractivity contribution < 1.29 is 9.53 Å². The van der Waals surface area contributed by atoms with Gasteiger partial charge in [-0.1, -0.05) is 34.5 Å². The molecule has 0 bridgehead atoms. The summed E-state index contributed by atoms with van der Waals surface area (Å²) in [6.45, 7) is 1.62. The molecule has 0 saturated carbocycles. The van der Waals surface area contributed by atoms with Crippen molar-refractivity contribution in [2.75, 3.05) is 17.3 Å². The van der Waals surface area contributed by atoms with Crippen LogP contribution < -0.4 is 21.3 Å². The van der Waals surface area contributed by atoms with Crippen molar-refractivity contribution in [3.05, 3.63) is 44.3 Å². The zero-order valence-corrected chi connectivity index (χ0v) is 17.3. The zero-order valence-electron chi connectivity index (χ0n) is 13.4. The molecule has 6 nitrogen and oxygen atoms in total. The van der Waals surface area contributed by atoms with E-state index in [4.69, 9.17) is 33.8 Å². The van der Waals surface area contributed by atoms with E-state index < -0.39 is 0 Å². The van der Waals surface area contributed by atoms with Gasteiger partial charge in [0.05, 0.1) is 15.2 Å². The molecule has 0 fully saturated rings. The number of carbonyl (C=O) groups is 1. The van der Waals surface area contributed by atoms with Crippen molar-refractivity contribution in [3.63, 3.8) is 0 Å². The van der Waals surface area contributed by atoms with E-state index in [-0.39, 0.29) is 12.5 Å². The molecule has 1 heterocycles. The molecule has 0 saturated heterocycles. The van der Waals surface area contributed by atoms with Crippen molar-refractivity contribution in [1.29, 1.82) is 0 Å². The summed E-state index contributed by atoms with van der Waals surface area (Å²) < 4.78 is 7.17. The number of nitrogens with zero attached hydrogens (tertiary/aromatic N) is 1. The molecule has 0 atom stereocenters. The first kappa shape index (κ1) is 19.2. The Bertz CT molecular complexity index is 973. The number of nitrogens with one attached hydrogen (secondary N) is 2. The molecular weight excluding hydrogens is 463 g/mol. The third-order valence-electron chi connectivity index (χ3n) is 3.40. The van der Waals surface area contributed by atoms with E-state index in [0.29, 0.717) is 26.6 Å². The lowest BCUT2D eigenvalue weighted by Gasteiger charge is -2.12. The van der Waals surface area contributed by atoms with E-state index in [1.165, 1.54) is 11.3 Å². The number of carbonyl (C=O) groups excluding carboxylic acids is 1. The number of hydrazine groups is 1. The van der Waals surface area contributed by atoms with Crippen LogP contribution in [0.1, 0.15) is 5.56 Å². The van der Waals surface area contributed by atoms with E-state index >= 15 is 0 Å². The van der Waals surface area contributed by atoms with Gasteiger partial charge in [-0.05, 0) is 52.7 Å². The molecule has 0 radical (unpaired) electrons. The fourth-order valence-electron chi connectivity index (χ4n) is 2.33. The number of rotatable bonds is 5. The van der Waals surface area contributed by atoms with Crippen molar-refractivity contribution in [2.45, 2.75) is 6.92 Å². The fraction of sp³-hybridized carbons (Fsp3) is 0.125. The lowest BCUT2D eigenvalue weighted by Crippen LogP contribution is -2.20. The van der Waals surface area contributed by atoms with Crippen LogP contribution in [0.4, 0.5) is 10.8 Å². The second-order valence-corrected chi connectivity index (χ2v) is 8.07. The topological polar surface area (TPSA) is 89.3 Å². The lowest BCUT2D eigenvalue weighted by atomic mass is 10.2. The van der Waals surface area contributed by atoms with Gasteiger partial charge < -0.3 is 10.1 Å². The maximum atomic E-state index is 12.2. The highest BCUT2D eigenvalue weighted by Crippen LogP contribution is 2.34. The van der Waals surface area contributed by atoms with Crippen LogP contribution in [-0.4, -0.2) is 17.5 Å². The Hall–Kier alpha value is -1.58. The minimum Gasteiger partial charge on any atom is -0.482 e. The number of benzene rings is 2.